The summed E-state index contributed by atoms with van der Waals surface area (Å²) >= 11 is 5.73. The summed E-state index contributed by atoms with van der Waals surface area (Å²) in [7, 11) is -0.443. The van der Waals surface area contributed by atoms with Crippen LogP contribution in [0.25, 0.3) is 0 Å². The number of nitrogens with zero attached hydrogens (tertiary/aromatic N) is 4. The molecule has 2 N–H and O–H groups in total. The first-order valence-corrected chi connectivity index (χ1v) is 8.14. The number of aliphatic imine (C=N–C) groups is 1. The van der Waals surface area contributed by atoms with Gasteiger partial charge in [-0.2, -0.15) is 8.96 Å². The van der Waals surface area contributed by atoms with Crippen molar-refractivity contribution in [1.82, 2.24) is 13.9 Å². The summed E-state index contributed by atoms with van der Waals surface area (Å²) in [6.45, 7) is 0. The summed E-state index contributed by atoms with van der Waals surface area (Å²) in [6.07, 6.45) is 1.94. The van der Waals surface area contributed by atoms with Crippen molar-refractivity contribution in [2.75, 3.05) is 14.1 Å². The van der Waals surface area contributed by atoms with E-state index in [0.717, 1.165) is 0 Å². The van der Waals surface area contributed by atoms with Crippen molar-refractivity contribution in [1.29, 1.82) is 0 Å². The molecule has 2 rings (SSSR count). The molecule has 0 fully saturated rings. The van der Waals surface area contributed by atoms with Crippen LogP contribution in [0.1, 0.15) is 0 Å². The number of benzene rings is 1. The van der Waals surface area contributed by atoms with E-state index in [-0.39, 0.29) is 4.90 Å². The van der Waals surface area contributed by atoms with Crippen LogP contribution in [0, 0.1) is 5.82 Å². The van der Waals surface area contributed by atoms with Crippen LogP contribution in [0.15, 0.2) is 45.1 Å². The summed E-state index contributed by atoms with van der Waals surface area (Å²) in [5, 5.41) is 0.383. The van der Waals surface area contributed by atoms with Crippen molar-refractivity contribution in [2.45, 2.75) is 4.90 Å². The Bertz CT molecular complexity index is 793. The summed E-state index contributed by atoms with van der Waals surface area (Å²) < 4.78 is 35.0. The van der Waals surface area contributed by atoms with Crippen molar-refractivity contribution in [2.24, 2.45) is 4.99 Å². The van der Waals surface area contributed by atoms with Gasteiger partial charge in [0.2, 0.25) is 0 Å². The van der Waals surface area contributed by atoms with Gasteiger partial charge in [-0.15, -0.1) is 0 Å². The molecule has 0 spiro atoms. The molecule has 7 nitrogen and oxygen atoms in total. The molecule has 23 heavy (non-hydrogen) atoms. The van der Waals surface area contributed by atoms with E-state index in [1.165, 1.54) is 35.5 Å². The second kappa shape index (κ2) is 6.67. The average Bonchev–Trinajstić information content (AvgIpc) is 2.48. The zero-order valence-corrected chi connectivity index (χ0v) is 13.8. The van der Waals surface area contributed by atoms with Crippen molar-refractivity contribution < 1.29 is 13.5 Å². The van der Waals surface area contributed by atoms with E-state index >= 15 is 0 Å². The van der Waals surface area contributed by atoms with E-state index in [2.05, 4.69) is 9.98 Å². The minimum atomic E-state index is -3.78. The van der Waals surface area contributed by atoms with Gasteiger partial charge in [-0.25, -0.2) is 14.2 Å². The fourth-order valence-corrected chi connectivity index (χ4v) is 2.94. The Kier molecular flexibility index (Phi) is 5.05. The largest absolute Gasteiger partial charge is 0.369 e. The Morgan fingerprint density at radius 1 is 1.35 bits per heavy atom. The standard InChI is InChI=1S/C13H14ClFN4O3S/c1-18(2)8-16-12-11(15)7-19(13(20)17-12)23(21,22)10-5-3-9(14)4-6-10/h3-8,21-22H,1-2H3. The molecule has 0 aliphatic heterocycles. The molecule has 0 unspecified atom stereocenters. The van der Waals surface area contributed by atoms with E-state index in [9.17, 15) is 18.3 Å². The Labute approximate surface area is 138 Å². The van der Waals surface area contributed by atoms with Crippen molar-refractivity contribution in [3.8, 4) is 0 Å². The molecule has 0 saturated carbocycles. The first-order valence-electron chi connectivity index (χ1n) is 6.26. The van der Waals surface area contributed by atoms with Gasteiger partial charge in [0.05, 0.1) is 17.4 Å². The van der Waals surface area contributed by atoms with Crippen LogP contribution in [0.4, 0.5) is 10.2 Å². The van der Waals surface area contributed by atoms with Crippen molar-refractivity contribution in [3.63, 3.8) is 0 Å². The Morgan fingerprint density at radius 2 is 1.96 bits per heavy atom. The lowest BCUT2D eigenvalue weighted by Crippen LogP contribution is -2.27. The number of hydrogen-bond donors (Lipinski definition) is 2. The summed E-state index contributed by atoms with van der Waals surface area (Å²) in [5.74, 6) is -1.40. The zero-order valence-electron chi connectivity index (χ0n) is 12.2. The highest BCUT2D eigenvalue weighted by Crippen LogP contribution is 2.48. The number of hydrogen-bond acceptors (Lipinski definition) is 5. The minimum absolute atomic E-state index is 0.00902. The van der Waals surface area contributed by atoms with Gasteiger partial charge in [-0.05, 0) is 24.3 Å². The van der Waals surface area contributed by atoms with Crippen LogP contribution < -0.4 is 5.69 Å². The van der Waals surface area contributed by atoms with Gasteiger partial charge in [-0.3, -0.25) is 9.11 Å². The highest BCUT2D eigenvalue weighted by atomic mass is 35.5. The normalized spacial score (nSPS) is 12.6. The van der Waals surface area contributed by atoms with Crippen LogP contribution in [-0.2, 0) is 0 Å². The molecule has 1 heterocycles. The second-order valence-electron chi connectivity index (χ2n) is 4.70. The molecule has 124 valence electrons. The van der Waals surface area contributed by atoms with Crippen LogP contribution in [0.5, 0.6) is 0 Å². The second-order valence-corrected chi connectivity index (χ2v) is 7.04. The molecular formula is C13H14ClFN4O3S. The topological polar surface area (TPSA) is 91.0 Å². The maximum atomic E-state index is 14.0. The van der Waals surface area contributed by atoms with E-state index in [1.54, 1.807) is 14.1 Å². The maximum Gasteiger partial charge on any atom is 0.368 e. The molecule has 0 amide bonds. The number of aromatic nitrogens is 2. The fourth-order valence-electron chi connectivity index (χ4n) is 1.58. The zero-order chi connectivity index (χ0) is 17.2. The van der Waals surface area contributed by atoms with Gasteiger partial charge in [0.1, 0.15) is 0 Å². The Balaban J connectivity index is 2.49. The van der Waals surface area contributed by atoms with Crippen LogP contribution in [0.2, 0.25) is 5.02 Å². The molecular weight excluding hydrogens is 347 g/mol. The molecule has 0 bridgehead atoms. The first-order chi connectivity index (χ1) is 10.7. The van der Waals surface area contributed by atoms with Crippen LogP contribution in [-0.4, -0.2) is 43.4 Å². The SMILES string of the molecule is CN(C)C=Nc1nc(=O)n(S(O)(O)c2ccc(Cl)cc2)cc1F. The smallest absolute Gasteiger partial charge is 0.368 e. The van der Waals surface area contributed by atoms with Crippen LogP contribution in [0.3, 0.4) is 0 Å². The van der Waals surface area contributed by atoms with E-state index < -0.39 is 28.1 Å². The third-order valence-corrected chi connectivity index (χ3v) is 4.62. The predicted octanol–water partition coefficient (Wildman–Crippen LogP) is 2.83. The van der Waals surface area contributed by atoms with Gasteiger partial charge < -0.3 is 4.90 Å². The molecule has 0 aliphatic rings. The Hall–Kier alpha value is -1.94. The van der Waals surface area contributed by atoms with Gasteiger partial charge in [0.25, 0.3) is 0 Å². The monoisotopic (exact) mass is 360 g/mol. The third kappa shape index (κ3) is 3.88. The van der Waals surface area contributed by atoms with Gasteiger partial charge in [-0.1, -0.05) is 22.4 Å². The number of halogens is 2. The lowest BCUT2D eigenvalue weighted by atomic mass is 10.4. The molecule has 0 aliphatic carbocycles. The average molecular weight is 361 g/mol. The molecule has 0 atom stereocenters. The molecule has 0 saturated heterocycles. The van der Waals surface area contributed by atoms with Crippen LogP contribution >= 0.6 is 22.4 Å². The summed E-state index contributed by atoms with van der Waals surface area (Å²) in [6, 6.07) is 5.52. The highest BCUT2D eigenvalue weighted by molar-refractivity contribution is 8.23. The predicted molar refractivity (Wildman–Crippen MR) is 88.3 cm³/mol. The highest BCUT2D eigenvalue weighted by Gasteiger charge is 2.22. The molecule has 10 heteroatoms. The summed E-state index contributed by atoms with van der Waals surface area (Å²) in [4.78, 5) is 20.7. The maximum absolute atomic E-state index is 14.0. The van der Waals surface area contributed by atoms with E-state index in [1.807, 2.05) is 0 Å². The van der Waals surface area contributed by atoms with E-state index in [0.29, 0.717) is 15.2 Å². The molecule has 2 aromatic rings. The van der Waals surface area contributed by atoms with Gasteiger partial charge in [0, 0.05) is 19.1 Å². The van der Waals surface area contributed by atoms with Crippen molar-refractivity contribution >= 4 is 34.5 Å². The van der Waals surface area contributed by atoms with E-state index in [4.69, 9.17) is 11.6 Å². The quantitative estimate of drug-likeness (QED) is 0.646. The lowest BCUT2D eigenvalue weighted by molar-refractivity contribution is 0.468. The van der Waals surface area contributed by atoms with Gasteiger partial charge >= 0.3 is 5.69 Å². The first kappa shape index (κ1) is 17.4. The minimum Gasteiger partial charge on any atom is -0.369 e. The molecule has 0 radical (unpaired) electrons. The lowest BCUT2D eigenvalue weighted by Gasteiger charge is -2.33. The Morgan fingerprint density at radius 3 is 2.52 bits per heavy atom. The number of rotatable bonds is 4. The van der Waals surface area contributed by atoms with Gasteiger partial charge in [0.15, 0.2) is 11.6 Å². The summed E-state index contributed by atoms with van der Waals surface area (Å²) in [5.41, 5.74) is -1.03. The molecule has 1 aromatic carbocycles. The third-order valence-electron chi connectivity index (χ3n) is 2.65. The van der Waals surface area contributed by atoms with Crippen molar-refractivity contribution in [3.05, 3.63) is 51.8 Å². The fraction of sp³-hybridized carbons (Fsp3) is 0.154. The molecule has 1 aromatic heterocycles.